The summed E-state index contributed by atoms with van der Waals surface area (Å²) in [4.78, 5) is 18.6. The van der Waals surface area contributed by atoms with Crippen molar-refractivity contribution in [1.82, 2.24) is 19.8 Å². The quantitative estimate of drug-likeness (QED) is 0.414. The van der Waals surface area contributed by atoms with E-state index in [4.69, 9.17) is 4.74 Å². The van der Waals surface area contributed by atoms with E-state index >= 15 is 0 Å². The predicted molar refractivity (Wildman–Crippen MR) is 141 cm³/mol. The first-order chi connectivity index (χ1) is 17.9. The summed E-state index contributed by atoms with van der Waals surface area (Å²) in [6.45, 7) is 4.91. The molecule has 194 valence electrons. The Labute approximate surface area is 216 Å². The van der Waals surface area contributed by atoms with Gasteiger partial charge in [0.05, 0.1) is 18.6 Å². The highest BCUT2D eigenvalue weighted by atomic mass is 19.1. The predicted octanol–water partition coefficient (Wildman–Crippen LogP) is 2.91. The third-order valence-corrected chi connectivity index (χ3v) is 6.59. The van der Waals surface area contributed by atoms with Crippen LogP contribution in [0.3, 0.4) is 0 Å². The molecule has 0 bridgehead atoms. The minimum atomic E-state index is -0.504. The van der Waals surface area contributed by atoms with Crippen LogP contribution in [0.5, 0.6) is 5.75 Å². The molecule has 1 fully saturated rings. The molecule has 0 spiro atoms. The van der Waals surface area contributed by atoms with Crippen molar-refractivity contribution in [3.8, 4) is 17.6 Å². The molecule has 8 heteroatoms. The molecule has 1 saturated heterocycles. The van der Waals surface area contributed by atoms with Gasteiger partial charge < -0.3 is 15.2 Å². The van der Waals surface area contributed by atoms with Gasteiger partial charge in [-0.25, -0.2) is 9.37 Å². The van der Waals surface area contributed by atoms with E-state index in [-0.39, 0.29) is 12.0 Å². The van der Waals surface area contributed by atoms with Gasteiger partial charge in [-0.1, -0.05) is 36.1 Å². The number of alkyl halides is 1. The molecule has 1 aromatic heterocycles. The van der Waals surface area contributed by atoms with Gasteiger partial charge in [0, 0.05) is 62.9 Å². The molecule has 4 rings (SSSR count). The monoisotopic (exact) mass is 504 g/mol. The van der Waals surface area contributed by atoms with Crippen molar-refractivity contribution in [3.05, 3.63) is 93.7 Å². The Hall–Kier alpha value is -3.51. The third kappa shape index (κ3) is 7.26. The second-order valence-corrected chi connectivity index (χ2v) is 9.52. The van der Waals surface area contributed by atoms with E-state index < -0.39 is 18.0 Å². The highest BCUT2D eigenvalue weighted by Gasteiger charge is 2.25. The molecular formula is C29H33FN4O3. The van der Waals surface area contributed by atoms with Crippen molar-refractivity contribution in [2.24, 2.45) is 0 Å². The van der Waals surface area contributed by atoms with Crippen molar-refractivity contribution in [2.45, 2.75) is 38.1 Å². The highest BCUT2D eigenvalue weighted by Crippen LogP contribution is 2.19. The zero-order valence-corrected chi connectivity index (χ0v) is 21.2. The Morgan fingerprint density at radius 1 is 1.14 bits per heavy atom. The summed E-state index contributed by atoms with van der Waals surface area (Å²) in [5.74, 6) is 5.90. The largest absolute Gasteiger partial charge is 0.502 e. The Morgan fingerprint density at radius 2 is 1.78 bits per heavy atom. The standard InChI is InChI=1S/C29H33FN4O3/c1-21(13-30)32-14-26(17-34-20-31-15-28(35)29(34)36)25-11-9-23(10-12-25)4-3-22-5-7-24(8-6-22)16-33-18-27(19-33)37-2/h5-12,15,20-21,26-27,32,35H,13-14,16-19H2,1-2H3/t21-,26?/m0/s1. The molecule has 1 aliphatic rings. The normalized spacial score (nSPS) is 15.4. The molecule has 2 aromatic carbocycles. The van der Waals surface area contributed by atoms with Gasteiger partial charge in [-0.3, -0.25) is 14.3 Å². The number of benzene rings is 2. The summed E-state index contributed by atoms with van der Waals surface area (Å²) in [6, 6.07) is 15.8. The lowest BCUT2D eigenvalue weighted by molar-refractivity contribution is -0.0333. The van der Waals surface area contributed by atoms with Crippen LogP contribution in [0.15, 0.2) is 65.8 Å². The molecule has 2 N–H and O–H groups in total. The van der Waals surface area contributed by atoms with Crippen LogP contribution in [0, 0.1) is 11.8 Å². The Bertz CT molecular complexity index is 1280. The van der Waals surface area contributed by atoms with E-state index in [0.717, 1.165) is 42.5 Å². The molecule has 0 saturated carbocycles. The summed E-state index contributed by atoms with van der Waals surface area (Å²) >= 11 is 0. The van der Waals surface area contributed by atoms with E-state index in [1.54, 1.807) is 14.0 Å². The summed E-state index contributed by atoms with van der Waals surface area (Å²) in [5, 5.41) is 12.9. The maximum Gasteiger partial charge on any atom is 0.295 e. The number of methoxy groups -OCH3 is 1. The van der Waals surface area contributed by atoms with Crippen LogP contribution in [0.4, 0.5) is 4.39 Å². The van der Waals surface area contributed by atoms with Crippen LogP contribution in [-0.2, 0) is 17.8 Å². The molecule has 1 aliphatic heterocycles. The summed E-state index contributed by atoms with van der Waals surface area (Å²) in [6.07, 6.45) is 2.88. The van der Waals surface area contributed by atoms with Crippen LogP contribution >= 0.6 is 0 Å². The van der Waals surface area contributed by atoms with Crippen molar-refractivity contribution < 1.29 is 14.2 Å². The maximum absolute atomic E-state index is 13.0. The highest BCUT2D eigenvalue weighted by molar-refractivity contribution is 5.44. The van der Waals surface area contributed by atoms with E-state index in [2.05, 4.69) is 39.2 Å². The summed E-state index contributed by atoms with van der Waals surface area (Å²) in [5.41, 5.74) is 3.55. The van der Waals surface area contributed by atoms with Crippen LogP contribution < -0.4 is 10.9 Å². The zero-order valence-electron chi connectivity index (χ0n) is 21.2. The van der Waals surface area contributed by atoms with E-state index in [0.29, 0.717) is 19.2 Å². The number of aromatic hydroxyl groups is 1. The summed E-state index contributed by atoms with van der Waals surface area (Å²) < 4.78 is 19.7. The zero-order chi connectivity index (χ0) is 26.2. The SMILES string of the molecule is COC1CN(Cc2ccc(C#Cc3ccc(C(CN[C@@H](C)CF)Cn4cncc(O)c4=O)cc3)cc2)C1. The van der Waals surface area contributed by atoms with Gasteiger partial charge >= 0.3 is 0 Å². The molecule has 1 unspecified atom stereocenters. The Kier molecular flexibility index (Phi) is 9.07. The molecule has 2 atom stereocenters. The molecule has 37 heavy (non-hydrogen) atoms. The Morgan fingerprint density at radius 3 is 2.41 bits per heavy atom. The van der Waals surface area contributed by atoms with Gasteiger partial charge in [0.1, 0.15) is 6.67 Å². The molecule has 7 nitrogen and oxygen atoms in total. The average Bonchev–Trinajstić information content (AvgIpc) is 2.90. The molecule has 0 radical (unpaired) electrons. The van der Waals surface area contributed by atoms with Crippen molar-refractivity contribution in [2.75, 3.05) is 33.4 Å². The molecular weight excluding hydrogens is 471 g/mol. The lowest BCUT2D eigenvalue weighted by Gasteiger charge is -2.38. The number of ether oxygens (including phenoxy) is 1. The van der Waals surface area contributed by atoms with Crippen LogP contribution in [-0.4, -0.2) is 65.1 Å². The van der Waals surface area contributed by atoms with Gasteiger partial charge in [-0.15, -0.1) is 0 Å². The van der Waals surface area contributed by atoms with Gasteiger partial charge in [0.15, 0.2) is 5.75 Å². The van der Waals surface area contributed by atoms with E-state index in [1.165, 1.54) is 16.5 Å². The third-order valence-electron chi connectivity index (χ3n) is 6.59. The van der Waals surface area contributed by atoms with Gasteiger partial charge in [-0.2, -0.15) is 0 Å². The van der Waals surface area contributed by atoms with Crippen LogP contribution in [0.1, 0.15) is 35.1 Å². The fourth-order valence-electron chi connectivity index (χ4n) is 4.23. The number of hydrogen-bond donors (Lipinski definition) is 2. The smallest absolute Gasteiger partial charge is 0.295 e. The maximum atomic E-state index is 13.0. The number of hydrogen-bond acceptors (Lipinski definition) is 6. The molecule has 3 aromatic rings. The number of rotatable bonds is 10. The first-order valence-electron chi connectivity index (χ1n) is 12.4. The minimum absolute atomic E-state index is 0.129. The average molecular weight is 505 g/mol. The topological polar surface area (TPSA) is 79.6 Å². The van der Waals surface area contributed by atoms with Crippen LogP contribution in [0.25, 0.3) is 0 Å². The first-order valence-corrected chi connectivity index (χ1v) is 12.4. The number of nitrogens with zero attached hydrogens (tertiary/aromatic N) is 3. The van der Waals surface area contributed by atoms with Crippen molar-refractivity contribution in [3.63, 3.8) is 0 Å². The number of aromatic nitrogens is 2. The molecule has 0 amide bonds. The number of halogens is 1. The lowest BCUT2D eigenvalue weighted by Crippen LogP contribution is -2.50. The van der Waals surface area contributed by atoms with Gasteiger partial charge in [0.25, 0.3) is 5.56 Å². The number of likely N-dealkylation sites (tertiary alicyclic amines) is 1. The Balaban J connectivity index is 1.42. The first kappa shape index (κ1) is 26.6. The summed E-state index contributed by atoms with van der Waals surface area (Å²) in [7, 11) is 1.76. The second kappa shape index (κ2) is 12.6. The number of nitrogens with one attached hydrogen (secondary N) is 1. The van der Waals surface area contributed by atoms with Gasteiger partial charge in [0.2, 0.25) is 0 Å². The fraction of sp³-hybridized carbons (Fsp3) is 0.379. The fourth-order valence-corrected chi connectivity index (χ4v) is 4.23. The van der Waals surface area contributed by atoms with Crippen molar-refractivity contribution in [1.29, 1.82) is 0 Å². The minimum Gasteiger partial charge on any atom is -0.502 e. The van der Waals surface area contributed by atoms with Gasteiger partial charge in [-0.05, 0) is 42.3 Å². The second-order valence-electron chi connectivity index (χ2n) is 9.52. The van der Waals surface area contributed by atoms with E-state index in [9.17, 15) is 14.3 Å². The molecule has 2 heterocycles. The molecule has 0 aliphatic carbocycles. The lowest BCUT2D eigenvalue weighted by atomic mass is 9.97. The van der Waals surface area contributed by atoms with E-state index in [1.807, 2.05) is 36.4 Å². The van der Waals surface area contributed by atoms with Crippen molar-refractivity contribution >= 4 is 0 Å². The van der Waals surface area contributed by atoms with Crippen LogP contribution in [0.2, 0.25) is 0 Å².